The number of carbonyl (C=O) groups is 1. The van der Waals surface area contributed by atoms with E-state index in [9.17, 15) is 26.4 Å². The Kier molecular flexibility index (Phi) is 5.69. The Morgan fingerprint density at radius 1 is 1.32 bits per heavy atom. The minimum Gasteiger partial charge on any atom is -0.368 e. The zero-order valence-electron chi connectivity index (χ0n) is 13.0. The molecule has 0 bridgehead atoms. The van der Waals surface area contributed by atoms with E-state index in [4.69, 9.17) is 10.00 Å². The van der Waals surface area contributed by atoms with Crippen molar-refractivity contribution in [3.05, 3.63) is 29.3 Å². The lowest BCUT2D eigenvalue weighted by Crippen LogP contribution is -2.34. The second kappa shape index (κ2) is 7.41. The molecule has 1 aliphatic carbocycles. The van der Waals surface area contributed by atoms with Crippen molar-refractivity contribution in [1.29, 1.82) is 5.26 Å². The summed E-state index contributed by atoms with van der Waals surface area (Å²) in [4.78, 5) is 10.9. The summed E-state index contributed by atoms with van der Waals surface area (Å²) in [6.07, 6.45) is -1.51. The molecule has 10 heteroatoms. The smallest absolute Gasteiger partial charge is 0.368 e. The summed E-state index contributed by atoms with van der Waals surface area (Å²) in [5.41, 5.74) is -2.09. The molecule has 1 aromatic rings. The predicted molar refractivity (Wildman–Crippen MR) is 79.7 cm³/mol. The first-order valence-corrected chi connectivity index (χ1v) is 8.90. The largest absolute Gasteiger partial charge is 0.417 e. The maximum Gasteiger partial charge on any atom is 0.417 e. The highest BCUT2D eigenvalue weighted by atomic mass is 32.2. The highest BCUT2D eigenvalue weighted by Crippen LogP contribution is 2.33. The molecule has 1 saturated carbocycles. The number of nitrogens with zero attached hydrogens (tertiary/aromatic N) is 1. The van der Waals surface area contributed by atoms with Gasteiger partial charge < -0.3 is 4.74 Å². The molecule has 0 radical (unpaired) electrons. The fraction of sp³-hybridized carbons (Fsp3) is 0.467. The van der Waals surface area contributed by atoms with Crippen molar-refractivity contribution in [3.8, 4) is 6.07 Å². The molecule has 0 atom stereocenters. The van der Waals surface area contributed by atoms with E-state index in [0.29, 0.717) is 6.07 Å². The summed E-state index contributed by atoms with van der Waals surface area (Å²) in [6.45, 7) is -0.494. The number of nitrogens with one attached hydrogen (secondary N) is 1. The van der Waals surface area contributed by atoms with Gasteiger partial charge in [0.1, 0.15) is 6.61 Å². The van der Waals surface area contributed by atoms with Crippen LogP contribution >= 0.6 is 0 Å². The van der Waals surface area contributed by atoms with Crippen LogP contribution in [0.5, 0.6) is 0 Å². The topological polar surface area (TPSA) is 96.3 Å². The Bertz CT molecular complexity index is 794. The van der Waals surface area contributed by atoms with Crippen LogP contribution < -0.4 is 4.72 Å². The molecule has 6 nitrogen and oxygen atoms in total. The number of alkyl halides is 3. The van der Waals surface area contributed by atoms with Crippen LogP contribution in [0.1, 0.15) is 36.8 Å². The van der Waals surface area contributed by atoms with E-state index < -0.39 is 44.7 Å². The van der Waals surface area contributed by atoms with Gasteiger partial charge in [-0.3, -0.25) is 4.79 Å². The van der Waals surface area contributed by atoms with E-state index in [0.717, 1.165) is 37.8 Å². The first kappa shape index (κ1) is 19.2. The Morgan fingerprint density at radius 2 is 1.96 bits per heavy atom. The fourth-order valence-corrected chi connectivity index (χ4v) is 3.51. The summed E-state index contributed by atoms with van der Waals surface area (Å²) in [6, 6.07) is 3.26. The number of hydrogen-bond acceptors (Lipinski definition) is 5. The van der Waals surface area contributed by atoms with Gasteiger partial charge in [-0.1, -0.05) is 12.8 Å². The lowest BCUT2D eigenvalue weighted by Gasteiger charge is -2.13. The second-order valence-electron chi connectivity index (χ2n) is 5.56. The maximum atomic E-state index is 12.9. The molecule has 0 aromatic heterocycles. The molecule has 1 amide bonds. The maximum absolute atomic E-state index is 12.9. The molecule has 1 N–H and O–H groups in total. The number of halogens is 3. The lowest BCUT2D eigenvalue weighted by molar-refractivity contribution is -0.138. The van der Waals surface area contributed by atoms with Crippen molar-refractivity contribution in [2.45, 2.75) is 42.9 Å². The van der Waals surface area contributed by atoms with Gasteiger partial charge >= 0.3 is 6.18 Å². The van der Waals surface area contributed by atoms with Crippen LogP contribution in [0.4, 0.5) is 13.2 Å². The molecule has 0 saturated heterocycles. The molecule has 2 rings (SSSR count). The van der Waals surface area contributed by atoms with E-state index in [1.807, 2.05) is 0 Å². The quantitative estimate of drug-likeness (QED) is 0.851. The third kappa shape index (κ3) is 4.93. The zero-order valence-corrected chi connectivity index (χ0v) is 13.8. The highest BCUT2D eigenvalue weighted by Gasteiger charge is 2.35. The van der Waals surface area contributed by atoms with Crippen molar-refractivity contribution in [2.24, 2.45) is 0 Å². The average Bonchev–Trinajstić information content (AvgIpc) is 3.04. The fourth-order valence-electron chi connectivity index (χ4n) is 2.51. The van der Waals surface area contributed by atoms with Crippen molar-refractivity contribution >= 4 is 15.9 Å². The van der Waals surface area contributed by atoms with Gasteiger partial charge in [-0.05, 0) is 31.0 Å². The summed E-state index contributed by atoms with van der Waals surface area (Å²) in [5.74, 6) is -0.968. The molecular formula is C15H15F3N2O4S. The number of sulfonamides is 1. The molecule has 0 heterocycles. The average molecular weight is 376 g/mol. The number of benzene rings is 1. The highest BCUT2D eigenvalue weighted by molar-refractivity contribution is 7.90. The second-order valence-corrected chi connectivity index (χ2v) is 7.25. The van der Waals surface area contributed by atoms with E-state index in [1.165, 1.54) is 6.07 Å². The van der Waals surface area contributed by atoms with Gasteiger partial charge in [-0.2, -0.15) is 18.4 Å². The number of amides is 1. The standard InChI is InChI=1S/C15H15F3N2O4S/c16-15(17,18)13-7-12(6-5-10(13)8-19)25(22,23)20-14(21)9-24-11-3-1-2-4-11/h5-7,11H,1-4,9H2,(H,20,21). The summed E-state index contributed by atoms with van der Waals surface area (Å²) >= 11 is 0. The van der Waals surface area contributed by atoms with Crippen LogP contribution in [0.3, 0.4) is 0 Å². The van der Waals surface area contributed by atoms with Crippen LogP contribution in [0.25, 0.3) is 0 Å². The Morgan fingerprint density at radius 3 is 2.52 bits per heavy atom. The normalized spacial score (nSPS) is 15.8. The molecule has 1 aliphatic rings. The Hall–Kier alpha value is -2.12. The molecule has 136 valence electrons. The Balaban J connectivity index is 2.13. The van der Waals surface area contributed by atoms with Crippen molar-refractivity contribution < 1.29 is 31.1 Å². The van der Waals surface area contributed by atoms with Crippen LogP contribution in [0.2, 0.25) is 0 Å². The first-order valence-electron chi connectivity index (χ1n) is 7.42. The van der Waals surface area contributed by atoms with E-state index >= 15 is 0 Å². The lowest BCUT2D eigenvalue weighted by atomic mass is 10.1. The van der Waals surface area contributed by atoms with Crippen molar-refractivity contribution in [3.63, 3.8) is 0 Å². The van der Waals surface area contributed by atoms with E-state index in [1.54, 1.807) is 4.72 Å². The predicted octanol–water partition coefficient (Wildman–Crippen LogP) is 2.34. The van der Waals surface area contributed by atoms with E-state index in [-0.39, 0.29) is 6.10 Å². The monoisotopic (exact) mass is 376 g/mol. The van der Waals surface area contributed by atoms with Gasteiger partial charge in [0.15, 0.2) is 0 Å². The number of rotatable bonds is 5. The van der Waals surface area contributed by atoms with Gasteiger partial charge in [0.25, 0.3) is 15.9 Å². The van der Waals surface area contributed by atoms with Gasteiger partial charge in [0, 0.05) is 0 Å². The summed E-state index contributed by atoms with van der Waals surface area (Å²) in [7, 11) is -4.50. The van der Waals surface area contributed by atoms with Crippen molar-refractivity contribution in [2.75, 3.05) is 6.61 Å². The molecule has 0 spiro atoms. The molecule has 1 aromatic carbocycles. The third-order valence-electron chi connectivity index (χ3n) is 3.73. The minimum atomic E-state index is -4.90. The molecular weight excluding hydrogens is 361 g/mol. The number of nitriles is 1. The molecule has 1 fully saturated rings. The summed E-state index contributed by atoms with van der Waals surface area (Å²) < 4.78 is 69.8. The van der Waals surface area contributed by atoms with Crippen molar-refractivity contribution in [1.82, 2.24) is 4.72 Å². The third-order valence-corrected chi connectivity index (χ3v) is 5.10. The van der Waals surface area contributed by atoms with Crippen LogP contribution in [0.15, 0.2) is 23.1 Å². The number of ether oxygens (including phenoxy) is 1. The van der Waals surface area contributed by atoms with Gasteiger partial charge in [0.05, 0.1) is 28.2 Å². The summed E-state index contributed by atoms with van der Waals surface area (Å²) in [5, 5.41) is 8.71. The molecule has 25 heavy (non-hydrogen) atoms. The molecule has 0 aliphatic heterocycles. The molecule has 0 unspecified atom stereocenters. The minimum absolute atomic E-state index is 0.111. The van der Waals surface area contributed by atoms with E-state index in [2.05, 4.69) is 0 Å². The van der Waals surface area contributed by atoms with Gasteiger partial charge in [-0.25, -0.2) is 13.1 Å². The first-order chi connectivity index (χ1) is 11.6. The SMILES string of the molecule is N#Cc1ccc(S(=O)(=O)NC(=O)COC2CCCC2)cc1C(F)(F)F. The number of hydrogen-bond donors (Lipinski definition) is 1. The van der Waals surface area contributed by atoms with Crippen LogP contribution in [0, 0.1) is 11.3 Å². The van der Waals surface area contributed by atoms with Crippen LogP contribution in [-0.4, -0.2) is 27.0 Å². The van der Waals surface area contributed by atoms with Gasteiger partial charge in [-0.15, -0.1) is 0 Å². The zero-order chi connectivity index (χ0) is 18.7. The van der Waals surface area contributed by atoms with Gasteiger partial charge in [0.2, 0.25) is 0 Å². The number of carbonyl (C=O) groups excluding carboxylic acids is 1. The Labute approximate surface area is 142 Å². The van der Waals surface area contributed by atoms with Crippen LogP contribution in [-0.2, 0) is 25.7 Å².